The topological polar surface area (TPSA) is 72.8 Å². The quantitative estimate of drug-likeness (QED) is 0.0381. The van der Waals surface area contributed by atoms with E-state index in [2.05, 4.69) is 62.5 Å². The first-order valence-corrected chi connectivity index (χ1v) is 23.2. The molecule has 0 rings (SSSR count). The first-order chi connectivity index (χ1) is 26.6. The van der Waals surface area contributed by atoms with Crippen LogP contribution >= 0.6 is 0 Å². The number of hydrogen-bond acceptors (Lipinski definition) is 5. The van der Waals surface area contributed by atoms with Crippen molar-refractivity contribution in [3.8, 4) is 0 Å². The average molecular weight is 757 g/mol. The summed E-state index contributed by atoms with van der Waals surface area (Å²) in [5, 5.41) is 9.59. The van der Waals surface area contributed by atoms with Gasteiger partial charge in [0.25, 0.3) is 0 Å². The van der Waals surface area contributed by atoms with Crippen LogP contribution in [-0.4, -0.2) is 36.4 Å². The van der Waals surface area contributed by atoms with Gasteiger partial charge in [0.2, 0.25) is 0 Å². The fourth-order valence-corrected chi connectivity index (χ4v) is 6.60. The molecule has 5 nitrogen and oxygen atoms in total. The van der Waals surface area contributed by atoms with Gasteiger partial charge in [-0.3, -0.25) is 9.59 Å². The Morgan fingerprint density at radius 3 is 1.15 bits per heavy atom. The van der Waals surface area contributed by atoms with Crippen molar-refractivity contribution in [2.75, 3.05) is 13.2 Å². The molecule has 0 radical (unpaired) electrons. The molecule has 1 unspecified atom stereocenters. The molecule has 0 aromatic heterocycles. The summed E-state index contributed by atoms with van der Waals surface area (Å²) in [6, 6.07) is 0. The van der Waals surface area contributed by atoms with Crippen molar-refractivity contribution in [3.05, 3.63) is 48.6 Å². The van der Waals surface area contributed by atoms with Crippen LogP contribution in [-0.2, 0) is 19.1 Å². The number of unbranched alkanes of at least 4 members (excludes halogenated alkanes) is 26. The van der Waals surface area contributed by atoms with Gasteiger partial charge >= 0.3 is 11.9 Å². The van der Waals surface area contributed by atoms with E-state index in [-0.39, 0.29) is 25.2 Å². The fourth-order valence-electron chi connectivity index (χ4n) is 6.60. The molecule has 0 fully saturated rings. The van der Waals surface area contributed by atoms with E-state index >= 15 is 0 Å². The van der Waals surface area contributed by atoms with Crippen LogP contribution in [0, 0.1) is 0 Å². The Labute approximate surface area is 335 Å². The molecule has 1 atom stereocenters. The summed E-state index contributed by atoms with van der Waals surface area (Å²) >= 11 is 0. The zero-order valence-corrected chi connectivity index (χ0v) is 35.7. The highest BCUT2D eigenvalue weighted by atomic mass is 16.6. The number of ether oxygens (including phenoxy) is 2. The van der Waals surface area contributed by atoms with Crippen LogP contribution in [0.1, 0.15) is 232 Å². The van der Waals surface area contributed by atoms with E-state index in [4.69, 9.17) is 9.47 Å². The summed E-state index contributed by atoms with van der Waals surface area (Å²) in [5.41, 5.74) is 0. The fraction of sp³-hybridized carbons (Fsp3) is 0.796. The number of esters is 2. The number of carbonyl (C=O) groups is 2. The lowest BCUT2D eigenvalue weighted by Crippen LogP contribution is -2.28. The number of rotatable bonds is 42. The Bertz CT molecular complexity index is 904. The van der Waals surface area contributed by atoms with Crippen molar-refractivity contribution in [1.29, 1.82) is 0 Å². The molecule has 0 aromatic carbocycles. The third-order valence-electron chi connectivity index (χ3n) is 10.1. The van der Waals surface area contributed by atoms with Crippen LogP contribution in [0.3, 0.4) is 0 Å². The molecule has 0 aliphatic carbocycles. The molecule has 5 heteroatoms. The first kappa shape index (κ1) is 51.9. The first-order valence-electron chi connectivity index (χ1n) is 23.2. The summed E-state index contributed by atoms with van der Waals surface area (Å²) in [6.07, 6.45) is 57.6. The van der Waals surface area contributed by atoms with Gasteiger partial charge in [-0.2, -0.15) is 0 Å². The largest absolute Gasteiger partial charge is 0.462 e. The van der Waals surface area contributed by atoms with Gasteiger partial charge in [-0.05, 0) is 57.8 Å². The predicted molar refractivity (Wildman–Crippen MR) is 233 cm³/mol. The monoisotopic (exact) mass is 757 g/mol. The highest BCUT2D eigenvalue weighted by molar-refractivity contribution is 5.70. The second kappa shape index (κ2) is 45.3. The molecular weight excluding hydrogens is 669 g/mol. The molecule has 0 heterocycles. The van der Waals surface area contributed by atoms with E-state index in [1.54, 1.807) is 0 Å². The van der Waals surface area contributed by atoms with Gasteiger partial charge in [0.05, 0.1) is 6.61 Å². The third kappa shape index (κ3) is 42.6. The minimum absolute atomic E-state index is 0.0770. The maximum absolute atomic E-state index is 12.2. The highest BCUT2D eigenvalue weighted by Gasteiger charge is 2.16. The van der Waals surface area contributed by atoms with E-state index in [0.717, 1.165) is 64.2 Å². The number of aliphatic hydroxyl groups is 1. The second-order valence-electron chi connectivity index (χ2n) is 15.5. The van der Waals surface area contributed by atoms with Crippen LogP contribution < -0.4 is 0 Å². The van der Waals surface area contributed by atoms with Crippen molar-refractivity contribution in [1.82, 2.24) is 0 Å². The number of carbonyl (C=O) groups excluding carboxylic acids is 2. The number of hydrogen-bond donors (Lipinski definition) is 1. The van der Waals surface area contributed by atoms with Gasteiger partial charge in [-0.25, -0.2) is 0 Å². The molecule has 0 aromatic rings. The Hall–Kier alpha value is -2.14. The maximum atomic E-state index is 12.2. The lowest BCUT2D eigenvalue weighted by Gasteiger charge is -2.15. The SMILES string of the molecule is CCCCCC=CCC=CCC=CCC=CCCCCCC(=O)OC(CO)COC(=O)CCCCCCCCCCCCCCCCCCCCCCC. The minimum atomic E-state index is -0.787. The van der Waals surface area contributed by atoms with Gasteiger partial charge < -0.3 is 14.6 Å². The zero-order chi connectivity index (χ0) is 39.3. The van der Waals surface area contributed by atoms with E-state index in [0.29, 0.717) is 12.8 Å². The van der Waals surface area contributed by atoms with Crippen molar-refractivity contribution in [2.24, 2.45) is 0 Å². The lowest BCUT2D eigenvalue weighted by molar-refractivity contribution is -0.161. The molecule has 314 valence electrons. The van der Waals surface area contributed by atoms with Crippen LogP contribution in [0.4, 0.5) is 0 Å². The van der Waals surface area contributed by atoms with E-state index in [1.165, 1.54) is 141 Å². The molecule has 0 spiro atoms. The molecule has 0 aliphatic rings. The normalized spacial score (nSPS) is 12.6. The Kier molecular flexibility index (Phi) is 43.5. The Morgan fingerprint density at radius 2 is 0.741 bits per heavy atom. The van der Waals surface area contributed by atoms with Gasteiger partial charge in [0.1, 0.15) is 6.61 Å². The molecule has 0 saturated heterocycles. The Balaban J connectivity index is 3.56. The van der Waals surface area contributed by atoms with Crippen molar-refractivity contribution < 1.29 is 24.2 Å². The molecule has 0 bridgehead atoms. The summed E-state index contributed by atoms with van der Waals surface area (Å²) in [6.45, 7) is 4.10. The van der Waals surface area contributed by atoms with Crippen LogP contribution in [0.2, 0.25) is 0 Å². The second-order valence-corrected chi connectivity index (χ2v) is 15.5. The van der Waals surface area contributed by atoms with Crippen LogP contribution in [0.25, 0.3) is 0 Å². The molecular formula is C49H88O5. The molecule has 1 N–H and O–H groups in total. The maximum Gasteiger partial charge on any atom is 0.306 e. The average Bonchev–Trinajstić information content (AvgIpc) is 3.17. The third-order valence-corrected chi connectivity index (χ3v) is 10.1. The molecule has 0 saturated carbocycles. The summed E-state index contributed by atoms with van der Waals surface area (Å²) in [7, 11) is 0. The van der Waals surface area contributed by atoms with Crippen molar-refractivity contribution in [3.63, 3.8) is 0 Å². The molecule has 54 heavy (non-hydrogen) atoms. The van der Waals surface area contributed by atoms with Gasteiger partial charge in [-0.1, -0.05) is 210 Å². The van der Waals surface area contributed by atoms with E-state index in [9.17, 15) is 14.7 Å². The van der Waals surface area contributed by atoms with E-state index in [1.807, 2.05) is 0 Å². The van der Waals surface area contributed by atoms with E-state index < -0.39 is 6.10 Å². The van der Waals surface area contributed by atoms with Gasteiger partial charge in [0.15, 0.2) is 6.10 Å². The zero-order valence-electron chi connectivity index (χ0n) is 35.7. The van der Waals surface area contributed by atoms with Gasteiger partial charge in [0, 0.05) is 12.8 Å². The summed E-state index contributed by atoms with van der Waals surface area (Å²) in [4.78, 5) is 24.4. The Morgan fingerprint density at radius 1 is 0.426 bits per heavy atom. The van der Waals surface area contributed by atoms with Crippen molar-refractivity contribution >= 4 is 11.9 Å². The van der Waals surface area contributed by atoms with Crippen LogP contribution in [0.5, 0.6) is 0 Å². The lowest BCUT2D eigenvalue weighted by atomic mass is 10.0. The van der Waals surface area contributed by atoms with Crippen molar-refractivity contribution in [2.45, 2.75) is 238 Å². The molecule has 0 amide bonds. The summed E-state index contributed by atoms with van der Waals surface area (Å²) < 4.78 is 10.6. The van der Waals surface area contributed by atoms with Crippen LogP contribution in [0.15, 0.2) is 48.6 Å². The number of aliphatic hydroxyl groups excluding tert-OH is 1. The summed E-state index contributed by atoms with van der Waals surface area (Å²) in [5.74, 6) is -0.619. The van der Waals surface area contributed by atoms with Gasteiger partial charge in [-0.15, -0.1) is 0 Å². The predicted octanol–water partition coefficient (Wildman–Crippen LogP) is 15.0. The smallest absolute Gasteiger partial charge is 0.306 e. The molecule has 0 aliphatic heterocycles. The highest BCUT2D eigenvalue weighted by Crippen LogP contribution is 2.16. The minimum Gasteiger partial charge on any atom is -0.462 e. The number of allylic oxidation sites excluding steroid dienone is 8. The standard InChI is InChI=1S/C49H88O5/c1-3-5-7-9-11-13-15-17-19-21-23-24-26-27-29-31-33-35-37-39-41-43-48(51)53-46-47(45-50)54-49(52)44-42-40-38-36-34-32-30-28-25-22-20-18-16-14-12-10-8-6-4-2/h12,14,18,20,25,28,32,34,47,50H,3-11,13,15-17,19,21-24,26-27,29-31,33,35-46H2,1-2H3.